The van der Waals surface area contributed by atoms with Crippen LogP contribution in [-0.2, 0) is 20.1 Å². The normalized spacial score (nSPS) is 14.2. The fraction of sp³-hybridized carbons (Fsp3) is 0.436. The van der Waals surface area contributed by atoms with E-state index in [1.165, 1.54) is 0 Å². The number of pyridine rings is 1. The molecule has 0 spiro atoms. The topological polar surface area (TPSA) is 77.8 Å². The van der Waals surface area contributed by atoms with E-state index in [9.17, 15) is 4.79 Å². The van der Waals surface area contributed by atoms with Crippen LogP contribution in [0.15, 0.2) is 63.9 Å². The van der Waals surface area contributed by atoms with E-state index in [-0.39, 0.29) is 11.4 Å². The second kappa shape index (κ2) is 15.9. The zero-order valence-corrected chi connectivity index (χ0v) is 30.1. The molecule has 3 aromatic heterocycles. The van der Waals surface area contributed by atoms with Crippen molar-refractivity contribution in [3.63, 3.8) is 0 Å². The molecule has 0 N–H and O–H groups in total. The first-order chi connectivity index (χ1) is 24.3. The van der Waals surface area contributed by atoms with E-state index in [4.69, 9.17) is 4.42 Å². The summed E-state index contributed by atoms with van der Waals surface area (Å²) >= 11 is 0. The number of piperazine rings is 1. The molecule has 0 radical (unpaired) electrons. The average molecular weight is 682 g/mol. The van der Waals surface area contributed by atoms with Gasteiger partial charge in [0.25, 0.3) is 0 Å². The molecule has 1 fully saturated rings. The molecule has 0 bridgehead atoms. The molecule has 5 aromatic rings. The highest BCUT2D eigenvalue weighted by atomic mass is 19.1. The number of aryl methyl sites for hydroxylation is 2. The molecule has 0 amide bonds. The Kier molecular flexibility index (Phi) is 11.2. The van der Waals surface area contributed by atoms with Crippen LogP contribution in [0.2, 0.25) is 0 Å². The van der Waals surface area contributed by atoms with E-state index >= 15 is 4.39 Å². The van der Waals surface area contributed by atoms with Gasteiger partial charge in [0.1, 0.15) is 18.4 Å². The molecule has 11 heteroatoms. The first-order valence-electron chi connectivity index (χ1n) is 18.0. The van der Waals surface area contributed by atoms with Gasteiger partial charge in [-0.25, -0.2) is 9.18 Å². The molecule has 4 heterocycles. The lowest BCUT2D eigenvalue weighted by Crippen LogP contribution is -2.46. The number of hydrogen-bond acceptors (Lipinski definition) is 8. The highest BCUT2D eigenvalue weighted by Crippen LogP contribution is 2.27. The minimum absolute atomic E-state index is 0.222. The van der Waals surface area contributed by atoms with Crippen LogP contribution >= 0.6 is 0 Å². The Bertz CT molecular complexity index is 2010. The van der Waals surface area contributed by atoms with E-state index < -0.39 is 0 Å². The van der Waals surface area contributed by atoms with Gasteiger partial charge < -0.3 is 19.1 Å². The largest absolute Gasteiger partial charge is 0.422 e. The van der Waals surface area contributed by atoms with Crippen LogP contribution in [0.5, 0.6) is 0 Å². The van der Waals surface area contributed by atoms with Crippen LogP contribution in [0, 0.1) is 5.82 Å². The molecule has 264 valence electrons. The Balaban J connectivity index is 1.12. The van der Waals surface area contributed by atoms with Crippen molar-refractivity contribution in [2.75, 3.05) is 68.7 Å². The monoisotopic (exact) mass is 681 g/mol. The second-order valence-corrected chi connectivity index (χ2v) is 13.0. The molecule has 6 rings (SSSR count). The van der Waals surface area contributed by atoms with Crippen molar-refractivity contribution in [3.05, 3.63) is 87.9 Å². The minimum atomic E-state index is -0.382. The van der Waals surface area contributed by atoms with Crippen LogP contribution < -0.4 is 20.0 Å². The van der Waals surface area contributed by atoms with Crippen LogP contribution in [0.3, 0.4) is 0 Å². The quantitative estimate of drug-likeness (QED) is 0.111. The van der Waals surface area contributed by atoms with Gasteiger partial charge in [-0.2, -0.15) is 4.57 Å². The molecule has 50 heavy (non-hydrogen) atoms. The number of rotatable bonds is 14. The van der Waals surface area contributed by atoms with Gasteiger partial charge in [0.15, 0.2) is 0 Å². The van der Waals surface area contributed by atoms with Gasteiger partial charge in [0, 0.05) is 99.3 Å². The summed E-state index contributed by atoms with van der Waals surface area (Å²) in [7, 11) is 1.97. The van der Waals surface area contributed by atoms with Crippen LogP contribution in [0.25, 0.3) is 34.0 Å². The van der Waals surface area contributed by atoms with Crippen molar-refractivity contribution in [2.45, 2.75) is 47.2 Å². The predicted octanol–water partition coefficient (Wildman–Crippen LogP) is 5.57. The van der Waals surface area contributed by atoms with Crippen molar-refractivity contribution in [3.8, 4) is 0 Å². The maximum atomic E-state index is 15.5. The van der Waals surface area contributed by atoms with Gasteiger partial charge in [0.05, 0.1) is 16.9 Å². The molecule has 1 aliphatic rings. The zero-order chi connectivity index (χ0) is 35.2. The molecule has 1 saturated heterocycles. The predicted molar refractivity (Wildman–Crippen MR) is 200 cm³/mol. The van der Waals surface area contributed by atoms with Crippen molar-refractivity contribution in [2.24, 2.45) is 7.05 Å². The van der Waals surface area contributed by atoms with Crippen molar-refractivity contribution in [1.82, 2.24) is 24.8 Å². The summed E-state index contributed by atoms with van der Waals surface area (Å²) in [5.74, 6) is -0.222. The summed E-state index contributed by atoms with van der Waals surface area (Å²) in [5, 5.41) is 10.4. The highest BCUT2D eigenvalue weighted by molar-refractivity contribution is 5.84. The summed E-state index contributed by atoms with van der Waals surface area (Å²) in [6.45, 7) is 18.2. The SMILES string of the molecule is CCN(CC)CCCn1cc(CN2CCN(c3cc4c(ccc(/C=C/c5cc6ccc(N(CC)CC)cc6oc5=O)[n+]4C)cc3F)CC2)nn1. The van der Waals surface area contributed by atoms with Crippen LogP contribution in [0.4, 0.5) is 15.8 Å². The van der Waals surface area contributed by atoms with Gasteiger partial charge in [-0.05, 0) is 76.3 Å². The number of hydrogen-bond donors (Lipinski definition) is 0. The molecule has 2 aromatic carbocycles. The molecule has 0 saturated carbocycles. The molecular weight excluding hydrogens is 631 g/mol. The summed E-state index contributed by atoms with van der Waals surface area (Å²) in [6.07, 6.45) is 6.80. The molecule has 0 aliphatic carbocycles. The maximum Gasteiger partial charge on any atom is 0.343 e. The number of nitrogens with zero attached hydrogens (tertiary/aromatic N) is 8. The molecule has 10 nitrogen and oxygen atoms in total. The third-order valence-corrected chi connectivity index (χ3v) is 10.0. The van der Waals surface area contributed by atoms with Crippen molar-refractivity contribution < 1.29 is 13.4 Å². The first kappa shape index (κ1) is 35.2. The Morgan fingerprint density at radius 1 is 0.920 bits per heavy atom. The molecule has 0 unspecified atom stereocenters. The Morgan fingerprint density at radius 3 is 2.42 bits per heavy atom. The van der Waals surface area contributed by atoms with E-state index in [0.717, 1.165) is 112 Å². The fourth-order valence-corrected chi connectivity index (χ4v) is 6.91. The molecular formula is C39H50FN8O2+. The van der Waals surface area contributed by atoms with E-state index in [0.29, 0.717) is 16.8 Å². The van der Waals surface area contributed by atoms with E-state index in [2.05, 4.69) is 69.9 Å². The lowest BCUT2D eigenvalue weighted by atomic mass is 10.1. The zero-order valence-electron chi connectivity index (χ0n) is 30.1. The molecule has 0 atom stereocenters. The fourth-order valence-electron chi connectivity index (χ4n) is 6.91. The van der Waals surface area contributed by atoms with Crippen LogP contribution in [0.1, 0.15) is 51.1 Å². The number of aromatic nitrogens is 4. The van der Waals surface area contributed by atoms with Gasteiger partial charge >= 0.3 is 5.63 Å². The van der Waals surface area contributed by atoms with Crippen molar-refractivity contribution >= 4 is 45.4 Å². The second-order valence-electron chi connectivity index (χ2n) is 13.0. The Morgan fingerprint density at radius 2 is 1.68 bits per heavy atom. The number of fused-ring (bicyclic) bond motifs is 2. The van der Waals surface area contributed by atoms with E-state index in [1.807, 2.05) is 58.8 Å². The average Bonchev–Trinajstić information content (AvgIpc) is 3.57. The maximum absolute atomic E-state index is 15.5. The number of benzene rings is 2. The summed E-state index contributed by atoms with van der Waals surface area (Å²) < 4.78 is 25.2. The number of halogens is 1. The third-order valence-electron chi connectivity index (χ3n) is 10.0. The number of anilines is 2. The smallest absolute Gasteiger partial charge is 0.343 e. The van der Waals surface area contributed by atoms with Gasteiger partial charge in [-0.15, -0.1) is 5.10 Å². The van der Waals surface area contributed by atoms with Crippen molar-refractivity contribution in [1.29, 1.82) is 0 Å². The molecule has 1 aliphatic heterocycles. The third kappa shape index (κ3) is 7.89. The standard InChI is InChI=1S/C39H50FN8O2/c1-6-44(7-2)17-10-18-48-28-32(41-42-48)27-45-19-21-47(22-20-45)37-26-36-29(24-35(37)40)11-14-33(43(36)5)15-13-31-23-30-12-16-34(46(8-3)9-4)25-38(30)50-39(31)49/h11-16,23-26,28H,6-10,17-22,27H2,1-5H3/q+1. The minimum Gasteiger partial charge on any atom is -0.422 e. The summed E-state index contributed by atoms with van der Waals surface area (Å²) in [6, 6.07) is 15.3. The van der Waals surface area contributed by atoms with Gasteiger partial charge in [0.2, 0.25) is 11.2 Å². The summed E-state index contributed by atoms with van der Waals surface area (Å²) in [4.78, 5) is 22.1. The van der Waals surface area contributed by atoms with Gasteiger partial charge in [-0.3, -0.25) is 9.58 Å². The van der Waals surface area contributed by atoms with Gasteiger partial charge in [-0.1, -0.05) is 19.1 Å². The van der Waals surface area contributed by atoms with E-state index in [1.54, 1.807) is 12.1 Å². The Hall–Kier alpha value is -4.61. The summed E-state index contributed by atoms with van der Waals surface area (Å²) in [5.41, 5.74) is 5.08. The lowest BCUT2D eigenvalue weighted by molar-refractivity contribution is -0.646. The van der Waals surface area contributed by atoms with Crippen LogP contribution in [-0.4, -0.2) is 83.7 Å². The lowest BCUT2D eigenvalue weighted by Gasteiger charge is -2.35. The highest BCUT2D eigenvalue weighted by Gasteiger charge is 2.23. The Labute approximate surface area is 294 Å². The first-order valence-corrected chi connectivity index (χ1v) is 18.0.